The quantitative estimate of drug-likeness (QED) is 0.518. The molecule has 10 heteroatoms. The lowest BCUT2D eigenvalue weighted by Crippen LogP contribution is -2.33. The van der Waals surface area contributed by atoms with E-state index in [-0.39, 0.29) is 33.4 Å². The van der Waals surface area contributed by atoms with Crippen LogP contribution in [0.5, 0.6) is 0 Å². The summed E-state index contributed by atoms with van der Waals surface area (Å²) < 4.78 is 56.0. The molecule has 0 saturated heterocycles. The molecule has 0 aliphatic rings. The molecule has 0 radical (unpaired) electrons. The predicted molar refractivity (Wildman–Crippen MR) is 116 cm³/mol. The largest absolute Gasteiger partial charge is 0.310 e. The number of carbonyl (C=O) groups excluding carboxylic acids is 1. The summed E-state index contributed by atoms with van der Waals surface area (Å²) in [6.45, 7) is 7.31. The summed E-state index contributed by atoms with van der Waals surface area (Å²) in [5.74, 6) is -2.12. The van der Waals surface area contributed by atoms with Crippen molar-refractivity contribution in [2.45, 2.75) is 31.3 Å². The summed E-state index contributed by atoms with van der Waals surface area (Å²) >= 11 is 0.975. The molecule has 1 amide bonds. The van der Waals surface area contributed by atoms with Crippen molar-refractivity contribution in [2.75, 3.05) is 7.05 Å². The Labute approximate surface area is 182 Å². The van der Waals surface area contributed by atoms with E-state index in [4.69, 9.17) is 0 Å². The third-order valence-corrected chi connectivity index (χ3v) is 7.78. The molecule has 0 spiro atoms. The third-order valence-electron chi connectivity index (χ3n) is 4.71. The highest BCUT2D eigenvalue weighted by atomic mass is 32.2. The number of halogens is 2. The van der Waals surface area contributed by atoms with Crippen LogP contribution in [0.1, 0.15) is 24.2 Å². The normalized spacial score (nSPS) is 12.8. The Morgan fingerprint density at radius 3 is 2.48 bits per heavy atom. The van der Waals surface area contributed by atoms with E-state index in [0.29, 0.717) is 4.70 Å². The smallest absolute Gasteiger partial charge is 0.279 e. The topological polar surface area (TPSA) is 71.7 Å². The maximum Gasteiger partial charge on any atom is 0.279 e. The zero-order chi connectivity index (χ0) is 22.9. The molecule has 0 N–H and O–H groups in total. The van der Waals surface area contributed by atoms with E-state index >= 15 is 0 Å². The number of rotatable bonds is 6. The molecule has 1 aromatic heterocycles. The van der Waals surface area contributed by atoms with E-state index in [1.165, 1.54) is 52.3 Å². The number of allylic oxidation sites excluding steroid dienone is 1. The number of hydrogen-bond acceptors (Lipinski definition) is 4. The molecule has 0 fully saturated rings. The second-order valence-corrected chi connectivity index (χ2v) is 10.1. The number of sulfonamides is 1. The summed E-state index contributed by atoms with van der Waals surface area (Å²) in [5.41, 5.74) is 0.302. The van der Waals surface area contributed by atoms with Gasteiger partial charge >= 0.3 is 0 Å². The summed E-state index contributed by atoms with van der Waals surface area (Å²) in [4.78, 5) is 17.0. The molecule has 0 unspecified atom stereocenters. The van der Waals surface area contributed by atoms with Crippen molar-refractivity contribution < 1.29 is 22.0 Å². The Morgan fingerprint density at radius 1 is 1.26 bits per heavy atom. The van der Waals surface area contributed by atoms with E-state index in [1.54, 1.807) is 13.8 Å². The Morgan fingerprint density at radius 2 is 1.90 bits per heavy atom. The van der Waals surface area contributed by atoms with Crippen LogP contribution in [0, 0.1) is 11.6 Å². The van der Waals surface area contributed by atoms with E-state index in [1.807, 2.05) is 0 Å². The van der Waals surface area contributed by atoms with Crippen LogP contribution in [-0.2, 0) is 16.6 Å². The molecule has 164 valence electrons. The molecule has 0 atom stereocenters. The van der Waals surface area contributed by atoms with Gasteiger partial charge in [-0.2, -0.15) is 9.30 Å². The molecule has 3 rings (SSSR count). The van der Waals surface area contributed by atoms with Crippen LogP contribution in [-0.4, -0.2) is 36.3 Å². The van der Waals surface area contributed by atoms with Gasteiger partial charge in [0.05, 0.1) is 15.1 Å². The molecule has 0 aliphatic carbocycles. The van der Waals surface area contributed by atoms with Gasteiger partial charge in [0.25, 0.3) is 5.91 Å². The minimum Gasteiger partial charge on any atom is -0.310 e. The zero-order valence-corrected chi connectivity index (χ0v) is 18.8. The Hall–Kier alpha value is -2.69. The third kappa shape index (κ3) is 4.51. The summed E-state index contributed by atoms with van der Waals surface area (Å²) in [7, 11) is -2.20. The van der Waals surface area contributed by atoms with Crippen LogP contribution < -0.4 is 4.80 Å². The Kier molecular flexibility index (Phi) is 6.54. The average molecular weight is 466 g/mol. The number of benzene rings is 2. The standard InChI is InChI=1S/C21H21F2N3O3S2/c1-5-10-26-19-17(23)11-15(22)12-18(19)30-21(26)24-20(27)14-6-8-16(9-7-14)31(28,29)25(4)13(2)3/h5-9,11-13H,1,10H2,2-4H3. The van der Waals surface area contributed by atoms with Crippen molar-refractivity contribution in [3.8, 4) is 0 Å². The van der Waals surface area contributed by atoms with Gasteiger partial charge in [0, 0.05) is 31.3 Å². The van der Waals surface area contributed by atoms with Crippen molar-refractivity contribution in [2.24, 2.45) is 4.99 Å². The highest BCUT2D eigenvalue weighted by Crippen LogP contribution is 2.23. The lowest BCUT2D eigenvalue weighted by Gasteiger charge is -2.20. The second kappa shape index (κ2) is 8.81. The molecule has 0 bridgehead atoms. The SMILES string of the molecule is C=CCn1c(=NC(=O)c2ccc(S(=O)(=O)N(C)C(C)C)cc2)sc2cc(F)cc(F)c21. The van der Waals surface area contributed by atoms with Crippen LogP contribution in [0.25, 0.3) is 10.2 Å². The number of thiazole rings is 1. The van der Waals surface area contributed by atoms with Gasteiger partial charge in [-0.1, -0.05) is 17.4 Å². The fourth-order valence-corrected chi connectivity index (χ4v) is 5.32. The molecule has 1 heterocycles. The lowest BCUT2D eigenvalue weighted by atomic mass is 10.2. The maximum absolute atomic E-state index is 14.3. The van der Waals surface area contributed by atoms with Gasteiger partial charge in [0.2, 0.25) is 10.0 Å². The molecular formula is C21H21F2N3O3S2. The van der Waals surface area contributed by atoms with Gasteiger partial charge in [0.1, 0.15) is 5.82 Å². The first-order valence-electron chi connectivity index (χ1n) is 9.32. The van der Waals surface area contributed by atoms with Crippen molar-refractivity contribution in [1.29, 1.82) is 0 Å². The fourth-order valence-electron chi connectivity index (χ4n) is 2.88. The summed E-state index contributed by atoms with van der Waals surface area (Å²) in [5, 5.41) is 0. The Balaban J connectivity index is 2.03. The summed E-state index contributed by atoms with van der Waals surface area (Å²) in [6, 6.07) is 7.16. The predicted octanol–water partition coefficient (Wildman–Crippen LogP) is 3.94. The van der Waals surface area contributed by atoms with Gasteiger partial charge in [-0.15, -0.1) is 6.58 Å². The van der Waals surface area contributed by atoms with Crippen LogP contribution in [0.4, 0.5) is 8.78 Å². The number of hydrogen-bond donors (Lipinski definition) is 0. The molecular weight excluding hydrogens is 444 g/mol. The first kappa shape index (κ1) is 23.0. The Bertz CT molecular complexity index is 1320. The van der Waals surface area contributed by atoms with Crippen molar-refractivity contribution in [1.82, 2.24) is 8.87 Å². The van der Waals surface area contributed by atoms with E-state index in [0.717, 1.165) is 17.4 Å². The highest BCUT2D eigenvalue weighted by molar-refractivity contribution is 7.89. The van der Waals surface area contributed by atoms with Crippen molar-refractivity contribution in [3.05, 3.63) is 71.1 Å². The highest BCUT2D eigenvalue weighted by Gasteiger charge is 2.23. The van der Waals surface area contributed by atoms with Gasteiger partial charge in [-0.05, 0) is 44.2 Å². The van der Waals surface area contributed by atoms with E-state index in [2.05, 4.69) is 11.6 Å². The number of fused-ring (bicyclic) bond motifs is 1. The van der Waals surface area contributed by atoms with Gasteiger partial charge < -0.3 is 4.57 Å². The van der Waals surface area contributed by atoms with Crippen LogP contribution in [0.3, 0.4) is 0 Å². The van der Waals surface area contributed by atoms with Crippen LogP contribution >= 0.6 is 11.3 Å². The molecule has 2 aromatic carbocycles. The molecule has 3 aromatic rings. The maximum atomic E-state index is 14.3. The van der Waals surface area contributed by atoms with Crippen LogP contribution in [0.15, 0.2) is 58.9 Å². The first-order valence-corrected chi connectivity index (χ1v) is 11.6. The first-order chi connectivity index (χ1) is 14.6. The van der Waals surface area contributed by atoms with E-state index < -0.39 is 27.6 Å². The second-order valence-electron chi connectivity index (χ2n) is 7.07. The zero-order valence-electron chi connectivity index (χ0n) is 17.2. The average Bonchev–Trinajstić information content (AvgIpc) is 3.04. The van der Waals surface area contributed by atoms with Gasteiger partial charge in [-0.25, -0.2) is 17.2 Å². The number of amides is 1. The number of nitrogens with zero attached hydrogens (tertiary/aromatic N) is 3. The molecule has 0 aliphatic heterocycles. The van der Waals surface area contributed by atoms with Gasteiger partial charge in [-0.3, -0.25) is 4.79 Å². The van der Waals surface area contributed by atoms with E-state index in [9.17, 15) is 22.0 Å². The monoisotopic (exact) mass is 465 g/mol. The fraction of sp³-hybridized carbons (Fsp3) is 0.238. The molecule has 31 heavy (non-hydrogen) atoms. The minimum atomic E-state index is -3.68. The molecule has 0 saturated carbocycles. The number of aromatic nitrogens is 1. The lowest BCUT2D eigenvalue weighted by molar-refractivity contribution is 0.0997. The van der Waals surface area contributed by atoms with Crippen molar-refractivity contribution >= 4 is 37.5 Å². The van der Waals surface area contributed by atoms with Crippen molar-refractivity contribution in [3.63, 3.8) is 0 Å². The minimum absolute atomic E-state index is 0.0568. The van der Waals surface area contributed by atoms with Gasteiger partial charge in [0.15, 0.2) is 10.6 Å². The summed E-state index contributed by atoms with van der Waals surface area (Å²) in [6.07, 6.45) is 1.52. The van der Waals surface area contributed by atoms with Crippen LogP contribution in [0.2, 0.25) is 0 Å². The number of carbonyl (C=O) groups is 1. The molecule has 6 nitrogen and oxygen atoms in total.